The van der Waals surface area contributed by atoms with Gasteiger partial charge >= 0.3 is 6.09 Å². The first kappa shape index (κ1) is 23.8. The van der Waals surface area contributed by atoms with Gasteiger partial charge in [0.25, 0.3) is 0 Å². The molecule has 5 rings (SSSR count). The summed E-state index contributed by atoms with van der Waals surface area (Å²) >= 11 is 0. The fourth-order valence-corrected chi connectivity index (χ4v) is 4.88. The van der Waals surface area contributed by atoms with E-state index in [1.165, 1.54) is 5.56 Å². The van der Waals surface area contributed by atoms with Crippen LogP contribution in [0.3, 0.4) is 0 Å². The van der Waals surface area contributed by atoms with Crippen molar-refractivity contribution >= 4 is 39.6 Å². The van der Waals surface area contributed by atoms with Gasteiger partial charge in [-0.2, -0.15) is 5.10 Å². The number of ether oxygens (including phenoxy) is 1. The first-order valence-electron chi connectivity index (χ1n) is 12.3. The van der Waals surface area contributed by atoms with Gasteiger partial charge in [0.15, 0.2) is 5.65 Å². The summed E-state index contributed by atoms with van der Waals surface area (Å²) in [4.78, 5) is 35.0. The molecule has 4 heterocycles. The van der Waals surface area contributed by atoms with Crippen LogP contribution in [-0.4, -0.2) is 55.8 Å². The van der Waals surface area contributed by atoms with Crippen LogP contribution >= 0.6 is 0 Å². The third-order valence-corrected chi connectivity index (χ3v) is 6.52. The van der Waals surface area contributed by atoms with E-state index < -0.39 is 5.60 Å². The summed E-state index contributed by atoms with van der Waals surface area (Å²) in [7, 11) is 0. The zero-order valence-corrected chi connectivity index (χ0v) is 21.3. The van der Waals surface area contributed by atoms with Gasteiger partial charge in [-0.3, -0.25) is 9.89 Å². The van der Waals surface area contributed by atoms with Gasteiger partial charge in [0, 0.05) is 46.8 Å². The van der Waals surface area contributed by atoms with Crippen molar-refractivity contribution in [3.8, 4) is 11.3 Å². The SMILES string of the molecule is CC(C)c1c(-c2ccnc3[nH]ncc23)[nH]c2ccc(NC(=O)C3CCN(C(=O)OC(C)(C)C)C3)cc12. The highest BCUT2D eigenvalue weighted by Crippen LogP contribution is 2.38. The van der Waals surface area contributed by atoms with E-state index in [0.29, 0.717) is 19.5 Å². The van der Waals surface area contributed by atoms with Crippen LogP contribution in [0.5, 0.6) is 0 Å². The molecule has 36 heavy (non-hydrogen) atoms. The minimum Gasteiger partial charge on any atom is -0.444 e. The van der Waals surface area contributed by atoms with E-state index in [0.717, 1.165) is 38.9 Å². The van der Waals surface area contributed by atoms with E-state index in [-0.39, 0.29) is 23.8 Å². The van der Waals surface area contributed by atoms with Gasteiger partial charge in [-0.25, -0.2) is 9.78 Å². The number of hydrogen-bond acceptors (Lipinski definition) is 5. The normalized spacial score (nSPS) is 16.3. The van der Waals surface area contributed by atoms with Gasteiger partial charge in [-0.05, 0) is 62.9 Å². The summed E-state index contributed by atoms with van der Waals surface area (Å²) in [6.07, 6.45) is 3.81. The molecule has 0 spiro atoms. The summed E-state index contributed by atoms with van der Waals surface area (Å²) in [5, 5.41) is 12.2. The number of nitrogens with zero attached hydrogens (tertiary/aromatic N) is 3. The number of aromatic nitrogens is 4. The fourth-order valence-electron chi connectivity index (χ4n) is 4.88. The summed E-state index contributed by atoms with van der Waals surface area (Å²) in [5.74, 6) is -0.116. The quantitative estimate of drug-likeness (QED) is 0.354. The minimum atomic E-state index is -0.559. The molecular formula is C27H32N6O3. The Labute approximate surface area is 209 Å². The van der Waals surface area contributed by atoms with Crippen LogP contribution in [-0.2, 0) is 9.53 Å². The first-order valence-corrected chi connectivity index (χ1v) is 12.3. The summed E-state index contributed by atoms with van der Waals surface area (Å²) in [6.45, 7) is 10.7. The predicted molar refractivity (Wildman–Crippen MR) is 140 cm³/mol. The summed E-state index contributed by atoms with van der Waals surface area (Å²) in [6, 6.07) is 7.92. The Bertz CT molecular complexity index is 1450. The Morgan fingerprint density at radius 3 is 2.75 bits per heavy atom. The number of benzene rings is 1. The molecule has 3 N–H and O–H groups in total. The largest absolute Gasteiger partial charge is 0.444 e. The Kier molecular flexibility index (Phi) is 5.94. The van der Waals surface area contributed by atoms with Gasteiger partial charge in [-0.1, -0.05) is 13.8 Å². The number of aromatic amines is 2. The maximum absolute atomic E-state index is 13.1. The van der Waals surface area contributed by atoms with Crippen LogP contribution in [0.4, 0.5) is 10.5 Å². The number of fused-ring (bicyclic) bond motifs is 2. The zero-order valence-electron chi connectivity index (χ0n) is 21.3. The molecule has 1 unspecified atom stereocenters. The van der Waals surface area contributed by atoms with Gasteiger partial charge in [0.2, 0.25) is 5.91 Å². The van der Waals surface area contributed by atoms with Crippen molar-refractivity contribution < 1.29 is 14.3 Å². The lowest BCUT2D eigenvalue weighted by atomic mass is 9.95. The van der Waals surface area contributed by atoms with E-state index in [9.17, 15) is 9.59 Å². The summed E-state index contributed by atoms with van der Waals surface area (Å²) < 4.78 is 5.45. The Hall–Kier alpha value is -3.88. The third kappa shape index (κ3) is 4.53. The molecule has 0 bridgehead atoms. The van der Waals surface area contributed by atoms with Crippen molar-refractivity contribution in [2.45, 2.75) is 52.6 Å². The molecule has 1 fully saturated rings. The number of amides is 2. The van der Waals surface area contributed by atoms with Crippen molar-refractivity contribution in [2.24, 2.45) is 5.92 Å². The Balaban J connectivity index is 1.39. The van der Waals surface area contributed by atoms with Crippen LogP contribution < -0.4 is 5.32 Å². The van der Waals surface area contributed by atoms with Crippen LogP contribution in [0.1, 0.15) is 52.5 Å². The molecule has 1 atom stereocenters. The van der Waals surface area contributed by atoms with E-state index in [4.69, 9.17) is 4.74 Å². The van der Waals surface area contributed by atoms with Crippen LogP contribution in [0.25, 0.3) is 33.2 Å². The minimum absolute atomic E-state index is 0.0866. The monoisotopic (exact) mass is 488 g/mol. The second-order valence-electron chi connectivity index (χ2n) is 10.7. The van der Waals surface area contributed by atoms with Crippen molar-refractivity contribution in [3.05, 3.63) is 42.2 Å². The van der Waals surface area contributed by atoms with Crippen LogP contribution in [0, 0.1) is 5.92 Å². The topological polar surface area (TPSA) is 116 Å². The van der Waals surface area contributed by atoms with Gasteiger partial charge < -0.3 is 19.9 Å². The number of anilines is 1. The lowest BCUT2D eigenvalue weighted by molar-refractivity contribution is -0.119. The lowest BCUT2D eigenvalue weighted by Crippen LogP contribution is -2.36. The Morgan fingerprint density at radius 2 is 2.00 bits per heavy atom. The van der Waals surface area contributed by atoms with E-state index >= 15 is 0 Å². The number of H-pyrrole nitrogens is 2. The molecule has 9 heteroatoms. The van der Waals surface area contributed by atoms with Crippen molar-refractivity contribution in [3.63, 3.8) is 0 Å². The van der Waals surface area contributed by atoms with Gasteiger partial charge in [-0.15, -0.1) is 0 Å². The summed E-state index contributed by atoms with van der Waals surface area (Å²) in [5.41, 5.74) is 5.15. The maximum Gasteiger partial charge on any atom is 0.410 e. The number of pyridine rings is 1. The standard InChI is InChI=1S/C27H32N6O3/c1-15(2)22-19-12-17(30-25(34)16-9-11-33(14-16)26(35)36-27(3,4)5)6-7-21(19)31-23(22)18-8-10-28-24-20(18)13-29-32-24/h6-8,10,12-13,15-16,31H,9,11,14H2,1-5H3,(H,30,34)(H,28,29,32). The molecule has 1 saturated heterocycles. The van der Waals surface area contributed by atoms with E-state index in [1.54, 1.807) is 17.3 Å². The highest BCUT2D eigenvalue weighted by molar-refractivity contribution is 6.01. The second kappa shape index (κ2) is 8.96. The smallest absolute Gasteiger partial charge is 0.410 e. The molecule has 3 aromatic heterocycles. The van der Waals surface area contributed by atoms with Gasteiger partial charge in [0.1, 0.15) is 5.60 Å². The van der Waals surface area contributed by atoms with Crippen molar-refractivity contribution in [2.75, 3.05) is 18.4 Å². The average molecular weight is 489 g/mol. The molecule has 0 aliphatic carbocycles. The highest BCUT2D eigenvalue weighted by atomic mass is 16.6. The Morgan fingerprint density at radius 1 is 1.19 bits per heavy atom. The number of nitrogens with one attached hydrogen (secondary N) is 3. The first-order chi connectivity index (χ1) is 17.1. The number of hydrogen-bond donors (Lipinski definition) is 3. The third-order valence-electron chi connectivity index (χ3n) is 6.52. The molecule has 0 saturated carbocycles. The molecule has 9 nitrogen and oxygen atoms in total. The lowest BCUT2D eigenvalue weighted by Gasteiger charge is -2.24. The molecule has 1 aliphatic heterocycles. The fraction of sp³-hybridized carbons (Fsp3) is 0.407. The molecule has 188 valence electrons. The van der Waals surface area contributed by atoms with Crippen LogP contribution in [0.15, 0.2) is 36.7 Å². The number of rotatable bonds is 4. The highest BCUT2D eigenvalue weighted by Gasteiger charge is 2.33. The number of carbonyl (C=O) groups is 2. The van der Waals surface area contributed by atoms with Gasteiger partial charge in [0.05, 0.1) is 17.8 Å². The predicted octanol–water partition coefficient (Wildman–Crippen LogP) is 5.43. The molecule has 1 aliphatic rings. The van der Waals surface area contributed by atoms with Crippen LogP contribution in [0.2, 0.25) is 0 Å². The number of carbonyl (C=O) groups excluding carboxylic acids is 2. The van der Waals surface area contributed by atoms with Crippen molar-refractivity contribution in [1.82, 2.24) is 25.1 Å². The molecule has 4 aromatic rings. The molecule has 0 radical (unpaired) electrons. The molecular weight excluding hydrogens is 456 g/mol. The second-order valence-corrected chi connectivity index (χ2v) is 10.7. The number of likely N-dealkylation sites (tertiary alicyclic amines) is 1. The molecule has 1 aromatic carbocycles. The van der Waals surface area contributed by atoms with E-state index in [1.807, 2.05) is 45.0 Å². The maximum atomic E-state index is 13.1. The zero-order chi connectivity index (χ0) is 25.6. The van der Waals surface area contributed by atoms with E-state index in [2.05, 4.69) is 39.3 Å². The molecule has 2 amide bonds. The van der Waals surface area contributed by atoms with Crippen molar-refractivity contribution in [1.29, 1.82) is 0 Å². The average Bonchev–Trinajstić information content (AvgIpc) is 3.54.